The number of halogens is 1. The SMILES string of the molecule is Cc1[nH]c(-c2cccc(Cl)c2)nc1CC(C)(C)NCC(=O)N1CCCC1C#N. The van der Waals surface area contributed by atoms with Crippen LogP contribution in [0.15, 0.2) is 24.3 Å². The van der Waals surface area contributed by atoms with Crippen LogP contribution >= 0.6 is 11.6 Å². The number of amides is 1. The number of hydrogen-bond acceptors (Lipinski definition) is 4. The molecule has 1 amide bonds. The molecule has 1 aliphatic heterocycles. The Balaban J connectivity index is 1.64. The van der Waals surface area contributed by atoms with Gasteiger partial charge in [-0.3, -0.25) is 4.79 Å². The lowest BCUT2D eigenvalue weighted by Crippen LogP contribution is -2.48. The van der Waals surface area contributed by atoms with Gasteiger partial charge >= 0.3 is 0 Å². The minimum absolute atomic E-state index is 0.0181. The Kier molecular flexibility index (Phi) is 6.07. The normalized spacial score (nSPS) is 17.0. The van der Waals surface area contributed by atoms with Gasteiger partial charge in [0.15, 0.2) is 0 Å². The van der Waals surface area contributed by atoms with Crippen LogP contribution in [0.5, 0.6) is 0 Å². The van der Waals surface area contributed by atoms with Gasteiger partial charge in [0.05, 0.1) is 18.3 Å². The summed E-state index contributed by atoms with van der Waals surface area (Å²) in [4.78, 5) is 22.2. The number of hydrogen-bond donors (Lipinski definition) is 2. The summed E-state index contributed by atoms with van der Waals surface area (Å²) in [6.45, 7) is 6.99. The monoisotopic (exact) mass is 399 g/mol. The van der Waals surface area contributed by atoms with Crippen molar-refractivity contribution < 1.29 is 4.79 Å². The molecule has 0 aliphatic carbocycles. The van der Waals surface area contributed by atoms with Crippen LogP contribution in [0.3, 0.4) is 0 Å². The summed E-state index contributed by atoms with van der Waals surface area (Å²) in [6, 6.07) is 9.52. The molecule has 0 spiro atoms. The second-order valence-corrected chi connectivity index (χ2v) is 8.39. The van der Waals surface area contributed by atoms with Gasteiger partial charge in [0.1, 0.15) is 11.9 Å². The first-order chi connectivity index (χ1) is 13.3. The highest BCUT2D eigenvalue weighted by Crippen LogP contribution is 2.23. The standard InChI is InChI=1S/C21H26ClN5O/c1-14-18(26-20(25-14)15-6-4-7-16(22)10-15)11-21(2,3)24-13-19(28)27-9-5-8-17(27)12-23/h4,6-7,10,17,24H,5,8-9,11,13H2,1-3H3,(H,25,26). The van der Waals surface area contributed by atoms with Gasteiger partial charge in [-0.2, -0.15) is 5.26 Å². The van der Waals surface area contributed by atoms with Gasteiger partial charge in [-0.25, -0.2) is 4.98 Å². The molecule has 28 heavy (non-hydrogen) atoms. The summed E-state index contributed by atoms with van der Waals surface area (Å²) >= 11 is 6.09. The summed E-state index contributed by atoms with van der Waals surface area (Å²) in [5.74, 6) is 0.770. The van der Waals surface area contributed by atoms with Crippen LogP contribution < -0.4 is 5.32 Å². The molecule has 1 saturated heterocycles. The fourth-order valence-electron chi connectivity index (χ4n) is 3.54. The van der Waals surface area contributed by atoms with Gasteiger partial charge in [0.25, 0.3) is 0 Å². The molecule has 1 aliphatic rings. The predicted molar refractivity (Wildman–Crippen MR) is 110 cm³/mol. The Labute approximate surface area is 170 Å². The first kappa shape index (κ1) is 20.4. The first-order valence-electron chi connectivity index (χ1n) is 9.54. The van der Waals surface area contributed by atoms with E-state index in [1.165, 1.54) is 0 Å². The molecule has 1 aromatic heterocycles. The number of carbonyl (C=O) groups is 1. The van der Waals surface area contributed by atoms with Crippen LogP contribution in [-0.2, 0) is 11.2 Å². The number of H-pyrrole nitrogens is 1. The van der Waals surface area contributed by atoms with E-state index in [0.29, 0.717) is 18.0 Å². The van der Waals surface area contributed by atoms with E-state index in [4.69, 9.17) is 21.8 Å². The fourth-order valence-corrected chi connectivity index (χ4v) is 3.73. The van der Waals surface area contributed by atoms with E-state index in [0.717, 1.165) is 35.6 Å². The Hall–Kier alpha value is -2.36. The number of benzene rings is 1. The Morgan fingerprint density at radius 2 is 2.29 bits per heavy atom. The number of likely N-dealkylation sites (tertiary alicyclic amines) is 1. The molecule has 0 saturated carbocycles. The molecule has 0 radical (unpaired) electrons. The molecule has 1 aromatic carbocycles. The number of nitrogens with one attached hydrogen (secondary N) is 2. The average molecular weight is 400 g/mol. The molecule has 0 bridgehead atoms. The van der Waals surface area contributed by atoms with E-state index in [-0.39, 0.29) is 24.0 Å². The van der Waals surface area contributed by atoms with Gasteiger partial charge in [0, 0.05) is 34.8 Å². The van der Waals surface area contributed by atoms with Crippen molar-refractivity contribution in [2.24, 2.45) is 0 Å². The van der Waals surface area contributed by atoms with E-state index >= 15 is 0 Å². The van der Waals surface area contributed by atoms with E-state index in [1.807, 2.05) is 31.2 Å². The second-order valence-electron chi connectivity index (χ2n) is 7.96. The van der Waals surface area contributed by atoms with Crippen LogP contribution in [0.2, 0.25) is 5.02 Å². The lowest BCUT2D eigenvalue weighted by Gasteiger charge is -2.28. The van der Waals surface area contributed by atoms with Crippen molar-refractivity contribution in [3.05, 3.63) is 40.7 Å². The van der Waals surface area contributed by atoms with Crippen LogP contribution in [0.25, 0.3) is 11.4 Å². The molecule has 3 rings (SSSR count). The van der Waals surface area contributed by atoms with Crippen molar-refractivity contribution in [1.29, 1.82) is 5.26 Å². The zero-order chi connectivity index (χ0) is 20.3. The molecular formula is C21H26ClN5O. The van der Waals surface area contributed by atoms with E-state index in [1.54, 1.807) is 4.90 Å². The lowest BCUT2D eigenvalue weighted by molar-refractivity contribution is -0.130. The highest BCUT2D eigenvalue weighted by atomic mass is 35.5. The van der Waals surface area contributed by atoms with Gasteiger partial charge in [-0.05, 0) is 45.7 Å². The maximum atomic E-state index is 12.5. The molecule has 2 N–H and O–H groups in total. The number of carbonyl (C=O) groups excluding carboxylic acids is 1. The summed E-state index contributed by atoms with van der Waals surface area (Å²) < 4.78 is 0. The minimum atomic E-state index is -0.316. The summed E-state index contributed by atoms with van der Waals surface area (Å²) in [5.41, 5.74) is 2.58. The van der Waals surface area contributed by atoms with Gasteiger partial charge in [-0.15, -0.1) is 0 Å². The van der Waals surface area contributed by atoms with E-state index < -0.39 is 0 Å². The number of aryl methyl sites for hydroxylation is 1. The zero-order valence-corrected chi connectivity index (χ0v) is 17.3. The van der Waals surface area contributed by atoms with Crippen LogP contribution in [-0.4, -0.2) is 45.4 Å². The average Bonchev–Trinajstić information content (AvgIpc) is 3.26. The molecule has 1 unspecified atom stereocenters. The van der Waals surface area contributed by atoms with Crippen LogP contribution in [0.4, 0.5) is 0 Å². The fraction of sp³-hybridized carbons (Fsp3) is 0.476. The summed E-state index contributed by atoms with van der Waals surface area (Å²) in [7, 11) is 0. The highest BCUT2D eigenvalue weighted by molar-refractivity contribution is 6.30. The Bertz CT molecular complexity index is 898. The Morgan fingerprint density at radius 1 is 1.50 bits per heavy atom. The predicted octanol–water partition coefficient (Wildman–Crippen LogP) is 3.46. The van der Waals surface area contributed by atoms with E-state index in [2.05, 4.69) is 30.2 Å². The van der Waals surface area contributed by atoms with E-state index in [9.17, 15) is 4.79 Å². The quantitative estimate of drug-likeness (QED) is 0.778. The Morgan fingerprint density at radius 3 is 3.00 bits per heavy atom. The third-order valence-corrected chi connectivity index (χ3v) is 5.37. The second kappa shape index (κ2) is 8.34. The molecular weight excluding hydrogens is 374 g/mol. The lowest BCUT2D eigenvalue weighted by atomic mass is 9.97. The topological polar surface area (TPSA) is 84.8 Å². The van der Waals surface area contributed by atoms with Crippen molar-refractivity contribution in [3.8, 4) is 17.5 Å². The van der Waals surface area contributed by atoms with Crippen molar-refractivity contribution in [2.75, 3.05) is 13.1 Å². The molecule has 2 heterocycles. The maximum absolute atomic E-state index is 12.5. The summed E-state index contributed by atoms with van der Waals surface area (Å²) in [6.07, 6.45) is 2.33. The molecule has 1 fully saturated rings. The van der Waals surface area contributed by atoms with Gasteiger partial charge < -0.3 is 15.2 Å². The van der Waals surface area contributed by atoms with Crippen molar-refractivity contribution >= 4 is 17.5 Å². The molecule has 148 valence electrons. The molecule has 6 nitrogen and oxygen atoms in total. The van der Waals surface area contributed by atoms with Gasteiger partial charge in [0.2, 0.25) is 5.91 Å². The molecule has 1 atom stereocenters. The molecule has 7 heteroatoms. The van der Waals surface area contributed by atoms with Crippen molar-refractivity contribution in [3.63, 3.8) is 0 Å². The van der Waals surface area contributed by atoms with Crippen molar-refractivity contribution in [2.45, 2.75) is 51.6 Å². The van der Waals surface area contributed by atoms with Crippen LogP contribution in [0.1, 0.15) is 38.1 Å². The number of nitriles is 1. The number of nitrogens with zero attached hydrogens (tertiary/aromatic N) is 3. The number of aromatic amines is 1. The third kappa shape index (κ3) is 4.73. The van der Waals surface area contributed by atoms with Crippen molar-refractivity contribution in [1.82, 2.24) is 20.2 Å². The summed E-state index contributed by atoms with van der Waals surface area (Å²) in [5, 5.41) is 13.2. The number of imidazole rings is 1. The number of rotatable bonds is 6. The van der Waals surface area contributed by atoms with Crippen LogP contribution in [0, 0.1) is 18.3 Å². The highest BCUT2D eigenvalue weighted by Gasteiger charge is 2.30. The zero-order valence-electron chi connectivity index (χ0n) is 16.6. The molecule has 2 aromatic rings. The van der Waals surface area contributed by atoms with Gasteiger partial charge in [-0.1, -0.05) is 23.7 Å². The third-order valence-electron chi connectivity index (χ3n) is 5.13. The number of aromatic nitrogens is 2. The smallest absolute Gasteiger partial charge is 0.237 e. The first-order valence-corrected chi connectivity index (χ1v) is 9.92. The maximum Gasteiger partial charge on any atom is 0.237 e. The minimum Gasteiger partial charge on any atom is -0.342 e. The largest absolute Gasteiger partial charge is 0.342 e.